The molecule has 1 aromatic heterocycles. The summed E-state index contributed by atoms with van der Waals surface area (Å²) in [6.45, 7) is 8.66. The van der Waals surface area contributed by atoms with Crippen molar-refractivity contribution in [1.29, 1.82) is 0 Å². The molecule has 0 saturated carbocycles. The summed E-state index contributed by atoms with van der Waals surface area (Å²) in [5, 5.41) is 3.64. The summed E-state index contributed by atoms with van der Waals surface area (Å²) in [5.74, 6) is 0.785. The van der Waals surface area contributed by atoms with Crippen molar-refractivity contribution in [2.24, 2.45) is 0 Å². The molecule has 0 amide bonds. The van der Waals surface area contributed by atoms with E-state index in [1.54, 1.807) is 0 Å². The van der Waals surface area contributed by atoms with Crippen LogP contribution in [0.15, 0.2) is 6.07 Å². The van der Waals surface area contributed by atoms with E-state index in [9.17, 15) is 0 Å². The summed E-state index contributed by atoms with van der Waals surface area (Å²) in [6, 6.07) is 2.22. The van der Waals surface area contributed by atoms with E-state index in [4.69, 9.17) is 16.3 Å². The van der Waals surface area contributed by atoms with E-state index in [0.717, 1.165) is 44.4 Å². The highest BCUT2D eigenvalue weighted by Crippen LogP contribution is 2.11. The Labute approximate surface area is 113 Å². The third-order valence-corrected chi connectivity index (χ3v) is 3.03. The topological polar surface area (TPSA) is 50.3 Å². The van der Waals surface area contributed by atoms with Crippen LogP contribution < -0.4 is 5.32 Å². The summed E-state index contributed by atoms with van der Waals surface area (Å²) in [7, 11) is 0. The lowest BCUT2D eigenvalue weighted by atomic mass is 10.3. The van der Waals surface area contributed by atoms with E-state index in [0.29, 0.717) is 6.04 Å². The number of rotatable bonds is 4. The van der Waals surface area contributed by atoms with Crippen LogP contribution in [0.1, 0.15) is 12.6 Å². The van der Waals surface area contributed by atoms with Gasteiger partial charge >= 0.3 is 0 Å². The van der Waals surface area contributed by atoms with Gasteiger partial charge in [-0.1, -0.05) is 0 Å². The number of hydrogen-bond acceptors (Lipinski definition) is 5. The molecule has 0 spiro atoms. The first kappa shape index (κ1) is 13.5. The number of anilines is 1. The lowest BCUT2D eigenvalue weighted by Gasteiger charge is -2.29. The predicted octanol–water partition coefficient (Wildman–Crippen LogP) is 1.57. The average molecular weight is 271 g/mol. The van der Waals surface area contributed by atoms with E-state index in [-0.39, 0.29) is 5.28 Å². The largest absolute Gasteiger partial charge is 0.379 e. The molecule has 1 N–H and O–H groups in total. The predicted molar refractivity (Wildman–Crippen MR) is 72.1 cm³/mol. The van der Waals surface area contributed by atoms with Gasteiger partial charge in [0.15, 0.2) is 0 Å². The molecule has 2 rings (SSSR count). The third kappa shape index (κ3) is 4.08. The van der Waals surface area contributed by atoms with Crippen LogP contribution in [0.5, 0.6) is 0 Å². The number of hydrogen-bond donors (Lipinski definition) is 1. The standard InChI is InChI=1S/C12H19ClN4O/c1-9-7-11(16-12(13)15-9)14-10(2)8-17-3-5-18-6-4-17/h7,10H,3-6,8H2,1-2H3,(H,14,15,16). The molecule has 5 nitrogen and oxygen atoms in total. The fourth-order valence-corrected chi connectivity index (χ4v) is 2.30. The lowest BCUT2D eigenvalue weighted by Crippen LogP contribution is -2.42. The molecule has 0 radical (unpaired) electrons. The number of morpholine rings is 1. The molecule has 1 fully saturated rings. The Morgan fingerprint density at radius 2 is 2.17 bits per heavy atom. The Morgan fingerprint density at radius 1 is 1.44 bits per heavy atom. The Bertz CT molecular complexity index is 375. The Morgan fingerprint density at radius 3 is 2.83 bits per heavy atom. The zero-order valence-electron chi connectivity index (χ0n) is 10.8. The molecule has 1 atom stereocenters. The van der Waals surface area contributed by atoms with E-state index < -0.39 is 0 Å². The fourth-order valence-electron chi connectivity index (χ4n) is 2.08. The van der Waals surface area contributed by atoms with E-state index in [2.05, 4.69) is 27.1 Å². The molecule has 0 aliphatic carbocycles. The van der Waals surface area contributed by atoms with E-state index in [1.807, 2.05) is 13.0 Å². The average Bonchev–Trinajstić information content (AvgIpc) is 2.28. The summed E-state index contributed by atoms with van der Waals surface area (Å²) >= 11 is 5.84. The van der Waals surface area contributed by atoms with Gasteiger partial charge in [-0.3, -0.25) is 4.90 Å². The zero-order chi connectivity index (χ0) is 13.0. The third-order valence-electron chi connectivity index (χ3n) is 2.86. The van der Waals surface area contributed by atoms with Crippen LogP contribution >= 0.6 is 11.6 Å². The maximum Gasteiger partial charge on any atom is 0.224 e. The molecule has 2 heterocycles. The monoisotopic (exact) mass is 270 g/mol. The normalized spacial score (nSPS) is 18.6. The molecule has 0 aromatic carbocycles. The van der Waals surface area contributed by atoms with Crippen molar-refractivity contribution < 1.29 is 4.74 Å². The van der Waals surface area contributed by atoms with Gasteiger partial charge in [0.1, 0.15) is 5.82 Å². The molecule has 100 valence electrons. The highest BCUT2D eigenvalue weighted by Gasteiger charge is 2.14. The summed E-state index contributed by atoms with van der Waals surface area (Å²) < 4.78 is 5.33. The smallest absolute Gasteiger partial charge is 0.224 e. The molecule has 18 heavy (non-hydrogen) atoms. The SMILES string of the molecule is Cc1cc(NC(C)CN2CCOCC2)nc(Cl)n1. The van der Waals surface area contributed by atoms with Crippen LogP contribution in [0.25, 0.3) is 0 Å². The van der Waals surface area contributed by atoms with E-state index >= 15 is 0 Å². The Kier molecular flexibility index (Phi) is 4.74. The zero-order valence-corrected chi connectivity index (χ0v) is 11.6. The Hall–Kier alpha value is -0.910. The van der Waals surface area contributed by atoms with Crippen LogP contribution in [-0.2, 0) is 4.74 Å². The second kappa shape index (κ2) is 6.31. The van der Waals surface area contributed by atoms with Crippen molar-refractivity contribution in [3.63, 3.8) is 0 Å². The summed E-state index contributed by atoms with van der Waals surface area (Å²) in [5.41, 5.74) is 0.871. The number of aromatic nitrogens is 2. The first-order valence-corrected chi connectivity index (χ1v) is 6.59. The van der Waals surface area contributed by atoms with Gasteiger partial charge in [0.05, 0.1) is 13.2 Å². The molecular formula is C12H19ClN4O. The lowest BCUT2D eigenvalue weighted by molar-refractivity contribution is 0.0368. The minimum Gasteiger partial charge on any atom is -0.379 e. The van der Waals surface area contributed by atoms with Crippen LogP contribution in [0.4, 0.5) is 5.82 Å². The fraction of sp³-hybridized carbons (Fsp3) is 0.667. The van der Waals surface area contributed by atoms with Gasteiger partial charge < -0.3 is 10.1 Å². The second-order valence-electron chi connectivity index (χ2n) is 4.62. The van der Waals surface area contributed by atoms with Gasteiger partial charge in [-0.25, -0.2) is 9.97 Å². The van der Waals surface area contributed by atoms with Crippen molar-refractivity contribution >= 4 is 17.4 Å². The van der Waals surface area contributed by atoms with Crippen molar-refractivity contribution in [1.82, 2.24) is 14.9 Å². The van der Waals surface area contributed by atoms with Crippen LogP contribution in [-0.4, -0.2) is 53.8 Å². The number of aryl methyl sites for hydroxylation is 1. The summed E-state index contributed by atoms with van der Waals surface area (Å²) in [4.78, 5) is 10.6. The molecule has 1 aromatic rings. The van der Waals surface area contributed by atoms with Gasteiger partial charge in [0.2, 0.25) is 5.28 Å². The van der Waals surface area contributed by atoms with Gasteiger partial charge in [-0.15, -0.1) is 0 Å². The van der Waals surface area contributed by atoms with Crippen LogP contribution in [0, 0.1) is 6.92 Å². The maximum atomic E-state index is 5.84. The van der Waals surface area contributed by atoms with Gasteiger partial charge in [-0.2, -0.15) is 0 Å². The number of nitrogens with one attached hydrogen (secondary N) is 1. The van der Waals surface area contributed by atoms with Crippen molar-refractivity contribution in [2.75, 3.05) is 38.2 Å². The maximum absolute atomic E-state index is 5.84. The molecule has 0 bridgehead atoms. The molecular weight excluding hydrogens is 252 g/mol. The van der Waals surface area contributed by atoms with Gasteiger partial charge in [-0.05, 0) is 25.4 Å². The van der Waals surface area contributed by atoms with Gasteiger partial charge in [0, 0.05) is 37.4 Å². The first-order valence-electron chi connectivity index (χ1n) is 6.21. The van der Waals surface area contributed by atoms with Crippen LogP contribution in [0.2, 0.25) is 5.28 Å². The highest BCUT2D eigenvalue weighted by atomic mass is 35.5. The van der Waals surface area contributed by atoms with Crippen LogP contribution in [0.3, 0.4) is 0 Å². The minimum absolute atomic E-state index is 0.288. The number of ether oxygens (including phenoxy) is 1. The highest BCUT2D eigenvalue weighted by molar-refractivity contribution is 6.28. The molecule has 1 aliphatic heterocycles. The number of halogens is 1. The minimum atomic E-state index is 0.288. The Balaban J connectivity index is 1.87. The quantitative estimate of drug-likeness (QED) is 0.842. The molecule has 6 heteroatoms. The van der Waals surface area contributed by atoms with Crippen molar-refractivity contribution in [3.8, 4) is 0 Å². The molecule has 1 saturated heterocycles. The van der Waals surface area contributed by atoms with Crippen molar-refractivity contribution in [3.05, 3.63) is 17.0 Å². The second-order valence-corrected chi connectivity index (χ2v) is 4.96. The first-order chi connectivity index (χ1) is 8.63. The summed E-state index contributed by atoms with van der Waals surface area (Å²) in [6.07, 6.45) is 0. The molecule has 1 unspecified atom stereocenters. The number of nitrogens with zero attached hydrogens (tertiary/aromatic N) is 3. The van der Waals surface area contributed by atoms with E-state index in [1.165, 1.54) is 0 Å². The van der Waals surface area contributed by atoms with Gasteiger partial charge in [0.25, 0.3) is 0 Å². The van der Waals surface area contributed by atoms with Crippen molar-refractivity contribution in [2.45, 2.75) is 19.9 Å². The molecule has 1 aliphatic rings.